The summed E-state index contributed by atoms with van der Waals surface area (Å²) in [5.74, 6) is 0.506. The summed E-state index contributed by atoms with van der Waals surface area (Å²) in [5, 5.41) is 19.3. The van der Waals surface area contributed by atoms with Gasteiger partial charge in [0.25, 0.3) is 0 Å². The first-order valence-electron chi connectivity index (χ1n) is 5.67. The quantitative estimate of drug-likeness (QED) is 0.943. The number of nitrogens with zero attached hydrogens (tertiary/aromatic N) is 1. The number of aliphatic hydroxyl groups excluding tert-OH is 1. The van der Waals surface area contributed by atoms with Crippen molar-refractivity contribution in [3.63, 3.8) is 0 Å². The second-order valence-corrected chi connectivity index (χ2v) is 4.94. The molecule has 2 aromatic carbocycles. The molecule has 0 fully saturated rings. The Kier molecular flexibility index (Phi) is 4.20. The van der Waals surface area contributed by atoms with Crippen molar-refractivity contribution in [3.8, 4) is 11.8 Å². The lowest BCUT2D eigenvalue weighted by molar-refractivity contribution is 0.214. The van der Waals surface area contributed by atoms with Crippen LogP contribution in [0.4, 0.5) is 0 Å². The number of hydrogen-bond donors (Lipinski definition) is 1. The monoisotopic (exact) mass is 317 g/mol. The predicted octanol–water partition coefficient (Wildman–Crippen LogP) is 3.41. The standard InChI is InChI=1S/C15H12BrNO2/c1-19-14-7-10(9-17)5-6-13(14)15(18)11-3-2-4-12(16)8-11/h2-8,15,18H,1H3. The molecule has 96 valence electrons. The minimum Gasteiger partial charge on any atom is -0.496 e. The molecule has 0 aliphatic heterocycles. The van der Waals surface area contributed by atoms with Crippen molar-refractivity contribution in [2.45, 2.75) is 6.10 Å². The second-order valence-electron chi connectivity index (χ2n) is 4.03. The summed E-state index contributed by atoms with van der Waals surface area (Å²) in [7, 11) is 1.52. The molecule has 1 unspecified atom stereocenters. The van der Waals surface area contributed by atoms with Crippen molar-refractivity contribution >= 4 is 15.9 Å². The fourth-order valence-corrected chi connectivity index (χ4v) is 2.28. The Balaban J connectivity index is 2.44. The highest BCUT2D eigenvalue weighted by atomic mass is 79.9. The number of ether oxygens (including phenoxy) is 1. The van der Waals surface area contributed by atoms with Gasteiger partial charge in [-0.15, -0.1) is 0 Å². The maximum absolute atomic E-state index is 10.4. The van der Waals surface area contributed by atoms with Gasteiger partial charge in [0, 0.05) is 10.0 Å². The van der Waals surface area contributed by atoms with E-state index in [1.54, 1.807) is 18.2 Å². The van der Waals surface area contributed by atoms with E-state index in [4.69, 9.17) is 10.00 Å². The van der Waals surface area contributed by atoms with Crippen LogP contribution in [0.25, 0.3) is 0 Å². The molecule has 1 N–H and O–H groups in total. The maximum Gasteiger partial charge on any atom is 0.126 e. The van der Waals surface area contributed by atoms with Gasteiger partial charge < -0.3 is 9.84 Å². The van der Waals surface area contributed by atoms with Crippen LogP contribution in [0.2, 0.25) is 0 Å². The van der Waals surface area contributed by atoms with E-state index in [9.17, 15) is 5.11 Å². The molecule has 1 atom stereocenters. The predicted molar refractivity (Wildman–Crippen MR) is 75.9 cm³/mol. The van der Waals surface area contributed by atoms with Crippen LogP contribution >= 0.6 is 15.9 Å². The van der Waals surface area contributed by atoms with Crippen molar-refractivity contribution in [1.29, 1.82) is 5.26 Å². The molecule has 19 heavy (non-hydrogen) atoms. The van der Waals surface area contributed by atoms with Gasteiger partial charge in [0.15, 0.2) is 0 Å². The summed E-state index contributed by atoms with van der Waals surface area (Å²) in [5.41, 5.74) is 1.90. The number of methoxy groups -OCH3 is 1. The molecule has 2 aromatic rings. The summed E-state index contributed by atoms with van der Waals surface area (Å²) in [6.07, 6.45) is -0.791. The molecule has 2 rings (SSSR count). The van der Waals surface area contributed by atoms with Crippen LogP contribution < -0.4 is 4.74 Å². The van der Waals surface area contributed by atoms with E-state index in [0.717, 1.165) is 10.0 Å². The normalized spacial score (nSPS) is 11.7. The minimum absolute atomic E-state index is 0.502. The summed E-state index contributed by atoms with van der Waals surface area (Å²) in [6.45, 7) is 0. The summed E-state index contributed by atoms with van der Waals surface area (Å²) in [6, 6.07) is 14.5. The number of halogens is 1. The van der Waals surface area contributed by atoms with E-state index in [1.807, 2.05) is 30.3 Å². The number of hydrogen-bond acceptors (Lipinski definition) is 3. The Morgan fingerprint density at radius 3 is 2.68 bits per heavy atom. The molecule has 0 aromatic heterocycles. The molecule has 0 aliphatic rings. The van der Waals surface area contributed by atoms with E-state index in [1.165, 1.54) is 7.11 Å². The molecule has 0 saturated carbocycles. The molecule has 3 nitrogen and oxygen atoms in total. The topological polar surface area (TPSA) is 53.2 Å². The Morgan fingerprint density at radius 2 is 2.05 bits per heavy atom. The van der Waals surface area contributed by atoms with Crippen molar-refractivity contribution in [3.05, 3.63) is 63.6 Å². The fourth-order valence-electron chi connectivity index (χ4n) is 1.86. The van der Waals surface area contributed by atoms with Crippen LogP contribution in [-0.2, 0) is 0 Å². The molecule has 0 aliphatic carbocycles. The maximum atomic E-state index is 10.4. The molecule has 0 radical (unpaired) electrons. The van der Waals surface area contributed by atoms with E-state index in [2.05, 4.69) is 15.9 Å². The average molecular weight is 318 g/mol. The smallest absolute Gasteiger partial charge is 0.126 e. The van der Waals surface area contributed by atoms with Crippen LogP contribution in [0, 0.1) is 11.3 Å². The molecule has 0 heterocycles. The Morgan fingerprint density at radius 1 is 1.26 bits per heavy atom. The van der Waals surface area contributed by atoms with Gasteiger partial charge in [-0.2, -0.15) is 5.26 Å². The van der Waals surface area contributed by atoms with Gasteiger partial charge in [-0.05, 0) is 29.8 Å². The fraction of sp³-hybridized carbons (Fsp3) is 0.133. The summed E-state index contributed by atoms with van der Waals surface area (Å²) in [4.78, 5) is 0. The zero-order chi connectivity index (χ0) is 13.8. The lowest BCUT2D eigenvalue weighted by atomic mass is 9.99. The highest BCUT2D eigenvalue weighted by Gasteiger charge is 2.16. The third kappa shape index (κ3) is 2.95. The summed E-state index contributed by atoms with van der Waals surface area (Å²) >= 11 is 3.38. The lowest BCUT2D eigenvalue weighted by Crippen LogP contribution is -2.02. The van der Waals surface area contributed by atoms with Gasteiger partial charge in [0.1, 0.15) is 11.9 Å². The van der Waals surface area contributed by atoms with E-state index in [0.29, 0.717) is 16.9 Å². The van der Waals surface area contributed by atoms with Gasteiger partial charge in [-0.25, -0.2) is 0 Å². The number of rotatable bonds is 3. The zero-order valence-corrected chi connectivity index (χ0v) is 11.9. The zero-order valence-electron chi connectivity index (χ0n) is 10.3. The average Bonchev–Trinajstić information content (AvgIpc) is 2.45. The Labute approximate surface area is 120 Å². The highest BCUT2D eigenvalue weighted by molar-refractivity contribution is 9.10. The third-order valence-corrected chi connectivity index (χ3v) is 3.31. The molecular formula is C15H12BrNO2. The van der Waals surface area contributed by atoms with Crippen molar-refractivity contribution < 1.29 is 9.84 Å². The third-order valence-electron chi connectivity index (χ3n) is 2.82. The molecule has 0 bridgehead atoms. The van der Waals surface area contributed by atoms with Gasteiger partial charge in [0.2, 0.25) is 0 Å². The lowest BCUT2D eigenvalue weighted by Gasteiger charge is -2.15. The largest absolute Gasteiger partial charge is 0.496 e. The SMILES string of the molecule is COc1cc(C#N)ccc1C(O)c1cccc(Br)c1. The van der Waals surface area contributed by atoms with Crippen LogP contribution in [0.3, 0.4) is 0 Å². The van der Waals surface area contributed by atoms with E-state index in [-0.39, 0.29) is 0 Å². The van der Waals surface area contributed by atoms with Crippen LogP contribution in [0.5, 0.6) is 5.75 Å². The van der Waals surface area contributed by atoms with Crippen LogP contribution in [0.1, 0.15) is 22.8 Å². The Hall–Kier alpha value is -1.83. The number of benzene rings is 2. The second kappa shape index (κ2) is 5.87. The van der Waals surface area contributed by atoms with Crippen molar-refractivity contribution in [2.24, 2.45) is 0 Å². The van der Waals surface area contributed by atoms with Gasteiger partial charge >= 0.3 is 0 Å². The van der Waals surface area contributed by atoms with Crippen LogP contribution in [0.15, 0.2) is 46.9 Å². The first-order valence-corrected chi connectivity index (χ1v) is 6.46. The molecule has 0 spiro atoms. The first-order chi connectivity index (χ1) is 9.15. The minimum atomic E-state index is -0.791. The molecule has 4 heteroatoms. The molecule has 0 amide bonds. The van der Waals surface area contributed by atoms with E-state index >= 15 is 0 Å². The summed E-state index contributed by atoms with van der Waals surface area (Å²) < 4.78 is 6.14. The first kappa shape index (κ1) is 13.6. The number of aliphatic hydroxyl groups is 1. The number of nitriles is 1. The molecular weight excluding hydrogens is 306 g/mol. The van der Waals surface area contributed by atoms with Gasteiger partial charge in [-0.3, -0.25) is 0 Å². The highest BCUT2D eigenvalue weighted by Crippen LogP contribution is 2.31. The van der Waals surface area contributed by atoms with E-state index < -0.39 is 6.10 Å². The van der Waals surface area contributed by atoms with Crippen molar-refractivity contribution in [2.75, 3.05) is 7.11 Å². The van der Waals surface area contributed by atoms with Crippen molar-refractivity contribution in [1.82, 2.24) is 0 Å². The Bertz CT molecular complexity index is 634. The van der Waals surface area contributed by atoms with Gasteiger partial charge in [-0.1, -0.05) is 34.1 Å². The van der Waals surface area contributed by atoms with Gasteiger partial charge in [0.05, 0.1) is 18.7 Å². The van der Waals surface area contributed by atoms with Crippen LogP contribution in [-0.4, -0.2) is 12.2 Å². The molecule has 0 saturated heterocycles.